The van der Waals surface area contributed by atoms with Crippen LogP contribution in [-0.2, 0) is 13.8 Å². The van der Waals surface area contributed by atoms with Gasteiger partial charge in [-0.05, 0) is 17.8 Å². The number of hydrogen-bond donors (Lipinski definition) is 0. The van der Waals surface area contributed by atoms with Gasteiger partial charge in [-0.25, -0.2) is 9.46 Å². The Bertz CT molecular complexity index is 286. The first-order valence-electron chi connectivity index (χ1n) is 4.82. The Hall–Kier alpha value is -0.190. The fourth-order valence-electron chi connectivity index (χ4n) is 1.11. The number of ether oxygens (including phenoxy) is 1. The molecule has 0 aromatic heterocycles. The maximum absolute atomic E-state index is 12.3. The zero-order chi connectivity index (χ0) is 11.5. The van der Waals surface area contributed by atoms with Crippen molar-refractivity contribution < 1.29 is 18.6 Å². The monoisotopic (exact) mass is 253 g/mol. The van der Waals surface area contributed by atoms with E-state index in [1.54, 1.807) is 0 Å². The van der Waals surface area contributed by atoms with Crippen molar-refractivity contribution in [2.75, 3.05) is 20.3 Å². The molecule has 0 spiro atoms. The lowest BCUT2D eigenvalue weighted by molar-refractivity contribution is 0.168. The maximum atomic E-state index is 12.3. The highest BCUT2D eigenvalue weighted by Crippen LogP contribution is 2.64. The van der Waals surface area contributed by atoms with Crippen molar-refractivity contribution in [1.82, 2.24) is 4.67 Å². The molecule has 2 unspecified atom stereocenters. The Morgan fingerprint density at radius 3 is 2.80 bits per heavy atom. The first-order valence-corrected chi connectivity index (χ1v) is 7.88. The summed E-state index contributed by atoms with van der Waals surface area (Å²) in [7, 11) is 1.36. The van der Waals surface area contributed by atoms with Crippen LogP contribution in [-0.4, -0.2) is 36.3 Å². The minimum Gasteiger partial charge on any atom is -0.447 e. The van der Waals surface area contributed by atoms with Gasteiger partial charge in [-0.2, -0.15) is 0 Å². The van der Waals surface area contributed by atoms with E-state index >= 15 is 0 Å². The lowest BCUT2D eigenvalue weighted by Gasteiger charge is -2.24. The van der Waals surface area contributed by atoms with Crippen LogP contribution in [0.25, 0.3) is 0 Å². The Balaban J connectivity index is 2.75. The molecule has 0 saturated carbocycles. The van der Waals surface area contributed by atoms with Gasteiger partial charge in [-0.1, -0.05) is 13.8 Å². The Kier molecular flexibility index (Phi) is 4.49. The molecule has 1 saturated heterocycles. The molecule has 1 amide bonds. The largest absolute Gasteiger partial charge is 0.447 e. The molecule has 2 atom stereocenters. The van der Waals surface area contributed by atoms with Crippen molar-refractivity contribution in [1.29, 1.82) is 0 Å². The third kappa shape index (κ3) is 2.89. The van der Waals surface area contributed by atoms with E-state index in [4.69, 9.17) is 9.26 Å². The van der Waals surface area contributed by atoms with Gasteiger partial charge in [0.15, 0.2) is 0 Å². The molecule has 1 aliphatic heterocycles. The predicted molar refractivity (Wildman–Crippen MR) is 60.0 cm³/mol. The van der Waals surface area contributed by atoms with E-state index in [0.717, 1.165) is 6.42 Å². The van der Waals surface area contributed by atoms with Crippen molar-refractivity contribution in [2.45, 2.75) is 25.5 Å². The third-order valence-electron chi connectivity index (χ3n) is 2.15. The molecule has 88 valence electrons. The summed E-state index contributed by atoms with van der Waals surface area (Å²) in [6.45, 7) is 1.48. The molecule has 1 aliphatic rings. The highest BCUT2D eigenvalue weighted by molar-refractivity contribution is 8.56. The summed E-state index contributed by atoms with van der Waals surface area (Å²) >= 11 is 1.21. The molecule has 0 bridgehead atoms. The molecule has 7 heteroatoms. The summed E-state index contributed by atoms with van der Waals surface area (Å²) in [5.74, 6) is 0. The SMILES string of the molecule is CCC(C)SP(=O)(OC)N1CCOC1=O. The molecule has 5 nitrogen and oxygen atoms in total. The van der Waals surface area contributed by atoms with E-state index in [1.165, 1.54) is 23.2 Å². The number of cyclic esters (lactones) is 1. The zero-order valence-corrected chi connectivity index (χ0v) is 10.8. The van der Waals surface area contributed by atoms with E-state index in [-0.39, 0.29) is 11.9 Å². The molecule has 1 heterocycles. The lowest BCUT2D eigenvalue weighted by atomic mass is 10.4. The average Bonchev–Trinajstić information content (AvgIpc) is 2.64. The van der Waals surface area contributed by atoms with E-state index < -0.39 is 12.8 Å². The molecule has 0 N–H and O–H groups in total. The van der Waals surface area contributed by atoms with Crippen molar-refractivity contribution in [3.05, 3.63) is 0 Å². The van der Waals surface area contributed by atoms with Crippen molar-refractivity contribution >= 4 is 24.2 Å². The van der Waals surface area contributed by atoms with Gasteiger partial charge in [0, 0.05) is 12.4 Å². The van der Waals surface area contributed by atoms with Crippen LogP contribution in [0, 0.1) is 0 Å². The number of hydrogen-bond acceptors (Lipinski definition) is 5. The van der Waals surface area contributed by atoms with Gasteiger partial charge in [0.25, 0.3) is 0 Å². The van der Waals surface area contributed by atoms with Crippen LogP contribution < -0.4 is 0 Å². The van der Waals surface area contributed by atoms with Crippen LogP contribution in [0.2, 0.25) is 0 Å². The number of carbonyl (C=O) groups excluding carboxylic acids is 1. The lowest BCUT2D eigenvalue weighted by Crippen LogP contribution is -2.21. The fourth-order valence-corrected chi connectivity index (χ4v) is 5.55. The molecular formula is C8H16NO4PS. The molecule has 15 heavy (non-hydrogen) atoms. The summed E-state index contributed by atoms with van der Waals surface area (Å²) < 4.78 is 23.3. The third-order valence-corrected chi connectivity index (χ3v) is 7.45. The molecule has 1 rings (SSSR count). The van der Waals surface area contributed by atoms with Gasteiger partial charge < -0.3 is 9.26 Å². The van der Waals surface area contributed by atoms with Gasteiger partial charge in [-0.3, -0.25) is 4.57 Å². The number of amides is 1. The minimum absolute atomic E-state index is 0.184. The molecule has 0 radical (unpaired) electrons. The van der Waals surface area contributed by atoms with Crippen molar-refractivity contribution in [3.8, 4) is 0 Å². The summed E-state index contributed by atoms with van der Waals surface area (Å²) in [6, 6.07) is 0. The van der Waals surface area contributed by atoms with Gasteiger partial charge in [-0.15, -0.1) is 0 Å². The maximum Gasteiger partial charge on any atom is 0.417 e. The second-order valence-corrected chi connectivity index (χ2v) is 8.03. The quantitative estimate of drug-likeness (QED) is 0.705. The Morgan fingerprint density at radius 1 is 1.73 bits per heavy atom. The number of rotatable bonds is 5. The molecule has 0 aromatic carbocycles. The highest BCUT2D eigenvalue weighted by Gasteiger charge is 2.41. The van der Waals surface area contributed by atoms with E-state index in [2.05, 4.69) is 0 Å². The van der Waals surface area contributed by atoms with Crippen LogP contribution in [0.4, 0.5) is 4.79 Å². The number of carbonyl (C=O) groups is 1. The summed E-state index contributed by atoms with van der Waals surface area (Å²) in [4.78, 5) is 11.3. The summed E-state index contributed by atoms with van der Waals surface area (Å²) in [5, 5.41) is 0.184. The standard InChI is InChI=1S/C8H16NO4PS/c1-4-7(2)15-14(11,12-3)9-5-6-13-8(9)10/h7H,4-6H2,1-3H3. The summed E-state index contributed by atoms with van der Waals surface area (Å²) in [6.07, 6.45) is 0.331. The van der Waals surface area contributed by atoms with Crippen LogP contribution in [0.3, 0.4) is 0 Å². The van der Waals surface area contributed by atoms with Crippen LogP contribution in [0.1, 0.15) is 20.3 Å². The Morgan fingerprint density at radius 2 is 2.40 bits per heavy atom. The smallest absolute Gasteiger partial charge is 0.417 e. The van der Waals surface area contributed by atoms with Gasteiger partial charge in [0.2, 0.25) is 0 Å². The molecule has 1 fully saturated rings. The van der Waals surface area contributed by atoms with Gasteiger partial charge in [0.05, 0.1) is 6.54 Å². The number of nitrogens with zero attached hydrogens (tertiary/aromatic N) is 1. The van der Waals surface area contributed by atoms with E-state index in [0.29, 0.717) is 6.54 Å². The molecule has 0 aliphatic carbocycles. The molecule has 0 aromatic rings. The van der Waals surface area contributed by atoms with Crippen LogP contribution in [0.15, 0.2) is 0 Å². The van der Waals surface area contributed by atoms with E-state index in [9.17, 15) is 9.36 Å². The van der Waals surface area contributed by atoms with Crippen LogP contribution in [0.5, 0.6) is 0 Å². The topological polar surface area (TPSA) is 55.8 Å². The summed E-state index contributed by atoms with van der Waals surface area (Å²) in [5.41, 5.74) is 0. The van der Waals surface area contributed by atoms with Crippen LogP contribution >= 0.6 is 18.1 Å². The van der Waals surface area contributed by atoms with E-state index in [1.807, 2.05) is 13.8 Å². The normalized spacial score (nSPS) is 22.3. The second-order valence-electron chi connectivity index (χ2n) is 3.21. The fraction of sp³-hybridized carbons (Fsp3) is 0.875. The first-order chi connectivity index (χ1) is 7.03. The van der Waals surface area contributed by atoms with Crippen molar-refractivity contribution in [3.63, 3.8) is 0 Å². The average molecular weight is 253 g/mol. The van der Waals surface area contributed by atoms with Gasteiger partial charge >= 0.3 is 12.8 Å². The Labute approximate surface area is 93.7 Å². The van der Waals surface area contributed by atoms with Gasteiger partial charge in [0.1, 0.15) is 6.61 Å². The van der Waals surface area contributed by atoms with Crippen molar-refractivity contribution in [2.24, 2.45) is 0 Å². The molecular weight excluding hydrogens is 237 g/mol. The highest BCUT2D eigenvalue weighted by atomic mass is 32.7. The zero-order valence-electron chi connectivity index (χ0n) is 9.13. The minimum atomic E-state index is -3.10. The first kappa shape index (κ1) is 12.9. The predicted octanol–water partition coefficient (Wildman–Crippen LogP) is 2.72. The second kappa shape index (κ2) is 5.23.